The highest BCUT2D eigenvalue weighted by Gasteiger charge is 2.21. The van der Waals surface area contributed by atoms with Crippen molar-refractivity contribution in [3.63, 3.8) is 0 Å². The molecule has 8 heteroatoms. The van der Waals surface area contributed by atoms with E-state index >= 15 is 0 Å². The average molecular weight is 344 g/mol. The Morgan fingerprint density at radius 1 is 1.36 bits per heavy atom. The molecular formula is C17H20N4O4. The molecule has 0 spiro atoms. The quantitative estimate of drug-likeness (QED) is 0.778. The Bertz CT molecular complexity index is 751. The fraction of sp³-hybridized carbons (Fsp3) is 0.353. The van der Waals surface area contributed by atoms with Crippen LogP contribution in [0.3, 0.4) is 0 Å². The van der Waals surface area contributed by atoms with Crippen molar-refractivity contribution in [1.29, 1.82) is 0 Å². The number of hydrogen-bond acceptors (Lipinski definition) is 6. The molecule has 0 aliphatic carbocycles. The average Bonchev–Trinajstić information content (AvgIpc) is 2.62. The van der Waals surface area contributed by atoms with E-state index in [4.69, 9.17) is 9.84 Å². The zero-order valence-corrected chi connectivity index (χ0v) is 13.8. The van der Waals surface area contributed by atoms with Crippen LogP contribution in [0.4, 0.5) is 16.3 Å². The first-order valence-corrected chi connectivity index (χ1v) is 8.00. The van der Waals surface area contributed by atoms with Crippen LogP contribution in [-0.2, 0) is 11.3 Å². The molecule has 1 atom stereocenters. The second-order valence-corrected chi connectivity index (χ2v) is 5.82. The molecule has 2 aromatic rings. The van der Waals surface area contributed by atoms with Crippen LogP contribution in [0.1, 0.15) is 12.6 Å². The molecule has 1 saturated heterocycles. The van der Waals surface area contributed by atoms with E-state index in [2.05, 4.69) is 27.1 Å². The molecule has 0 unspecified atom stereocenters. The van der Waals surface area contributed by atoms with Crippen LogP contribution in [0, 0.1) is 0 Å². The van der Waals surface area contributed by atoms with Gasteiger partial charge in [-0.15, -0.1) is 0 Å². The summed E-state index contributed by atoms with van der Waals surface area (Å²) in [6, 6.07) is 8.75. The zero-order chi connectivity index (χ0) is 17.8. The SMILES string of the molecule is C[C@H]1COCCN1c1cc(CO)nc(-c2ccc(NC(=O)O)cc2)n1. The van der Waals surface area contributed by atoms with E-state index in [0.29, 0.717) is 30.4 Å². The minimum Gasteiger partial charge on any atom is -0.465 e. The van der Waals surface area contributed by atoms with Gasteiger partial charge in [0.05, 0.1) is 31.6 Å². The van der Waals surface area contributed by atoms with E-state index in [1.165, 1.54) is 0 Å². The zero-order valence-electron chi connectivity index (χ0n) is 13.8. The molecule has 1 aliphatic heterocycles. The molecule has 3 N–H and O–H groups in total. The minimum absolute atomic E-state index is 0.181. The predicted octanol–water partition coefficient (Wildman–Crippen LogP) is 1.95. The number of ether oxygens (including phenoxy) is 1. The molecule has 1 aliphatic rings. The van der Waals surface area contributed by atoms with Gasteiger partial charge in [0.15, 0.2) is 5.82 Å². The molecule has 132 valence electrons. The number of nitrogens with one attached hydrogen (secondary N) is 1. The first-order valence-electron chi connectivity index (χ1n) is 8.00. The summed E-state index contributed by atoms with van der Waals surface area (Å²) in [5, 5.41) is 20.6. The number of rotatable bonds is 4. The van der Waals surface area contributed by atoms with E-state index < -0.39 is 6.09 Å². The summed E-state index contributed by atoms with van der Waals surface area (Å²) in [5.41, 5.74) is 1.75. The van der Waals surface area contributed by atoms with E-state index in [-0.39, 0.29) is 12.6 Å². The molecule has 1 amide bonds. The van der Waals surface area contributed by atoms with Crippen LogP contribution in [0.5, 0.6) is 0 Å². The molecule has 3 rings (SSSR count). The monoisotopic (exact) mass is 344 g/mol. The standard InChI is InChI=1S/C17H20N4O4/c1-11-10-25-7-6-21(11)15-8-14(9-22)18-16(20-15)12-2-4-13(5-3-12)19-17(23)24/h2-5,8,11,19,22H,6-7,9-10H2,1H3,(H,23,24)/t11-/m0/s1. The van der Waals surface area contributed by atoms with Crippen LogP contribution in [0.15, 0.2) is 30.3 Å². The van der Waals surface area contributed by atoms with Gasteiger partial charge in [-0.2, -0.15) is 0 Å². The topological polar surface area (TPSA) is 108 Å². The number of carboxylic acid groups (broad SMARTS) is 1. The highest BCUT2D eigenvalue weighted by molar-refractivity contribution is 5.83. The molecule has 1 fully saturated rings. The number of aliphatic hydroxyl groups excluding tert-OH is 1. The highest BCUT2D eigenvalue weighted by Crippen LogP contribution is 2.24. The Hall–Kier alpha value is -2.71. The smallest absolute Gasteiger partial charge is 0.409 e. The fourth-order valence-electron chi connectivity index (χ4n) is 2.73. The lowest BCUT2D eigenvalue weighted by Crippen LogP contribution is -2.44. The normalized spacial score (nSPS) is 17.4. The molecule has 0 radical (unpaired) electrons. The first-order chi connectivity index (χ1) is 12.1. The molecule has 1 aromatic carbocycles. The third-order valence-corrected chi connectivity index (χ3v) is 3.98. The Labute approximate surface area is 145 Å². The number of aromatic nitrogens is 2. The Balaban J connectivity index is 1.92. The summed E-state index contributed by atoms with van der Waals surface area (Å²) >= 11 is 0. The van der Waals surface area contributed by atoms with Gasteiger partial charge < -0.3 is 19.8 Å². The van der Waals surface area contributed by atoms with E-state index in [9.17, 15) is 9.90 Å². The summed E-state index contributed by atoms with van der Waals surface area (Å²) in [7, 11) is 0. The van der Waals surface area contributed by atoms with Gasteiger partial charge >= 0.3 is 6.09 Å². The molecule has 1 aromatic heterocycles. The predicted molar refractivity (Wildman–Crippen MR) is 92.7 cm³/mol. The first kappa shape index (κ1) is 17.1. The lowest BCUT2D eigenvalue weighted by Gasteiger charge is -2.34. The molecule has 8 nitrogen and oxygen atoms in total. The fourth-order valence-corrected chi connectivity index (χ4v) is 2.73. The van der Waals surface area contributed by atoms with Crippen molar-refractivity contribution in [3.05, 3.63) is 36.0 Å². The maximum atomic E-state index is 10.7. The number of benzene rings is 1. The van der Waals surface area contributed by atoms with Crippen LogP contribution in [0.2, 0.25) is 0 Å². The lowest BCUT2D eigenvalue weighted by atomic mass is 10.2. The third kappa shape index (κ3) is 4.04. The number of carbonyl (C=O) groups is 1. The van der Waals surface area contributed by atoms with Gasteiger partial charge in [0.25, 0.3) is 0 Å². The highest BCUT2D eigenvalue weighted by atomic mass is 16.5. The van der Waals surface area contributed by atoms with Crippen molar-refractivity contribution >= 4 is 17.6 Å². The third-order valence-electron chi connectivity index (χ3n) is 3.98. The second kappa shape index (κ2) is 7.45. The molecule has 25 heavy (non-hydrogen) atoms. The minimum atomic E-state index is -1.12. The summed E-state index contributed by atoms with van der Waals surface area (Å²) in [6.45, 7) is 3.87. The second-order valence-electron chi connectivity index (χ2n) is 5.82. The van der Waals surface area contributed by atoms with Crippen LogP contribution < -0.4 is 10.2 Å². The lowest BCUT2D eigenvalue weighted by molar-refractivity contribution is 0.0985. The van der Waals surface area contributed by atoms with E-state index in [1.807, 2.05) is 0 Å². The maximum absolute atomic E-state index is 10.7. The Kier molecular flexibility index (Phi) is 5.11. The molecule has 0 saturated carbocycles. The largest absolute Gasteiger partial charge is 0.465 e. The van der Waals surface area contributed by atoms with E-state index in [0.717, 1.165) is 17.9 Å². The van der Waals surface area contributed by atoms with Crippen LogP contribution >= 0.6 is 0 Å². The summed E-state index contributed by atoms with van der Waals surface area (Å²) < 4.78 is 5.46. The van der Waals surface area contributed by atoms with Gasteiger partial charge in [-0.1, -0.05) is 0 Å². The number of nitrogens with zero attached hydrogens (tertiary/aromatic N) is 3. The molecule has 0 bridgehead atoms. The molecule has 2 heterocycles. The number of hydrogen-bond donors (Lipinski definition) is 3. The van der Waals surface area contributed by atoms with Crippen molar-refractivity contribution in [2.75, 3.05) is 30.0 Å². The van der Waals surface area contributed by atoms with E-state index in [1.54, 1.807) is 30.3 Å². The van der Waals surface area contributed by atoms with Gasteiger partial charge in [-0.3, -0.25) is 5.32 Å². The van der Waals surface area contributed by atoms with Gasteiger partial charge in [0.2, 0.25) is 0 Å². The van der Waals surface area contributed by atoms with Gasteiger partial charge in [0.1, 0.15) is 5.82 Å². The van der Waals surface area contributed by atoms with Crippen molar-refractivity contribution in [3.8, 4) is 11.4 Å². The van der Waals surface area contributed by atoms with Crippen molar-refractivity contribution in [1.82, 2.24) is 9.97 Å². The van der Waals surface area contributed by atoms with Crippen molar-refractivity contribution in [2.24, 2.45) is 0 Å². The van der Waals surface area contributed by atoms with Crippen LogP contribution in [0.25, 0.3) is 11.4 Å². The number of amides is 1. The summed E-state index contributed by atoms with van der Waals surface area (Å²) in [4.78, 5) is 21.8. The summed E-state index contributed by atoms with van der Waals surface area (Å²) in [6.07, 6.45) is -1.12. The Morgan fingerprint density at radius 2 is 2.12 bits per heavy atom. The van der Waals surface area contributed by atoms with Gasteiger partial charge in [0, 0.05) is 23.9 Å². The Morgan fingerprint density at radius 3 is 2.76 bits per heavy atom. The molecular weight excluding hydrogens is 324 g/mol. The maximum Gasteiger partial charge on any atom is 0.409 e. The number of morpholine rings is 1. The van der Waals surface area contributed by atoms with Gasteiger partial charge in [-0.05, 0) is 31.2 Å². The van der Waals surface area contributed by atoms with Gasteiger partial charge in [-0.25, -0.2) is 14.8 Å². The van der Waals surface area contributed by atoms with Crippen molar-refractivity contribution in [2.45, 2.75) is 19.6 Å². The van der Waals surface area contributed by atoms with Crippen LogP contribution in [-0.4, -0.2) is 52.1 Å². The number of aliphatic hydroxyl groups is 1. The summed E-state index contributed by atoms with van der Waals surface area (Å²) in [5.74, 6) is 1.24. The van der Waals surface area contributed by atoms with Crippen molar-refractivity contribution < 1.29 is 19.7 Å². The number of anilines is 2.